The van der Waals surface area contributed by atoms with E-state index in [1.54, 1.807) is 0 Å². The molecular weight excluding hydrogens is 218 g/mol. The smallest absolute Gasteiger partial charge is 0.0394 e. The molecule has 0 aromatic heterocycles. The van der Waals surface area contributed by atoms with Crippen molar-refractivity contribution in [1.82, 2.24) is 0 Å². The van der Waals surface area contributed by atoms with Crippen LogP contribution in [0.3, 0.4) is 0 Å². The monoisotopic (exact) mass is 233 g/mol. The predicted octanol–water partition coefficient (Wildman–Crippen LogP) is 3.57. The fourth-order valence-electron chi connectivity index (χ4n) is 2.64. The number of benzene rings is 3. The Morgan fingerprint density at radius 3 is 2.56 bits per heavy atom. The van der Waals surface area contributed by atoms with Gasteiger partial charge in [-0.1, -0.05) is 49.1 Å². The quantitative estimate of drug-likeness (QED) is 0.639. The van der Waals surface area contributed by atoms with Crippen molar-refractivity contribution in [1.29, 1.82) is 0 Å². The normalized spacial score (nSPS) is 12.4. The molecule has 0 unspecified atom stereocenters. The topological polar surface area (TPSA) is 26.0 Å². The van der Waals surface area contributed by atoms with Crippen LogP contribution in [0.25, 0.3) is 27.6 Å². The second kappa shape index (κ2) is 3.88. The summed E-state index contributed by atoms with van der Waals surface area (Å²) in [5.41, 5.74) is 8.19. The summed E-state index contributed by atoms with van der Waals surface area (Å²) in [5, 5.41) is 6.10. The van der Waals surface area contributed by atoms with Gasteiger partial charge in [0.25, 0.3) is 0 Å². The fourth-order valence-corrected chi connectivity index (χ4v) is 2.64. The zero-order valence-corrected chi connectivity index (χ0v) is 10.4. The van der Waals surface area contributed by atoms with E-state index in [1.165, 1.54) is 26.9 Å². The number of allylic oxidation sites excluding steroid dienone is 1. The Morgan fingerprint density at radius 1 is 1.00 bits per heavy atom. The molecule has 0 heterocycles. The van der Waals surface area contributed by atoms with Crippen LogP contribution < -0.4 is 11.0 Å². The molecule has 0 spiro atoms. The minimum atomic E-state index is 0.836. The summed E-state index contributed by atoms with van der Waals surface area (Å²) < 4.78 is 0. The zero-order valence-electron chi connectivity index (χ0n) is 10.4. The van der Waals surface area contributed by atoms with Crippen molar-refractivity contribution in [3.63, 3.8) is 0 Å². The Bertz CT molecular complexity index is 807. The van der Waals surface area contributed by atoms with Gasteiger partial charge in [0.2, 0.25) is 0 Å². The maximum atomic E-state index is 6.08. The number of nitrogens with two attached hydrogens (primary N) is 1. The summed E-state index contributed by atoms with van der Waals surface area (Å²) in [4.78, 5) is 0. The molecule has 0 bridgehead atoms. The summed E-state index contributed by atoms with van der Waals surface area (Å²) in [6.07, 6.45) is 3.87. The van der Waals surface area contributed by atoms with Gasteiger partial charge in [-0.05, 0) is 39.9 Å². The number of aryl methyl sites for hydroxylation is 1. The Balaban J connectivity index is 2.71. The van der Waals surface area contributed by atoms with Gasteiger partial charge in [0, 0.05) is 11.1 Å². The molecule has 88 valence electrons. The van der Waals surface area contributed by atoms with Gasteiger partial charge in [0.15, 0.2) is 0 Å². The van der Waals surface area contributed by atoms with E-state index in [1.807, 2.05) is 18.2 Å². The van der Waals surface area contributed by atoms with Crippen LogP contribution in [0.2, 0.25) is 0 Å². The molecule has 1 heteroatoms. The summed E-state index contributed by atoms with van der Waals surface area (Å²) >= 11 is 0. The molecule has 18 heavy (non-hydrogen) atoms. The number of anilines is 1. The van der Waals surface area contributed by atoms with Gasteiger partial charge >= 0.3 is 0 Å². The lowest BCUT2D eigenvalue weighted by atomic mass is 9.95. The van der Waals surface area contributed by atoms with Crippen molar-refractivity contribution in [3.05, 3.63) is 59.8 Å². The van der Waals surface area contributed by atoms with E-state index < -0.39 is 0 Å². The van der Waals surface area contributed by atoms with Gasteiger partial charge in [-0.25, -0.2) is 0 Å². The summed E-state index contributed by atoms with van der Waals surface area (Å²) in [5.74, 6) is 0. The highest BCUT2D eigenvalue weighted by atomic mass is 14.5. The lowest BCUT2D eigenvalue weighted by molar-refractivity contribution is 1.53. The zero-order chi connectivity index (χ0) is 12.7. The Hall–Kier alpha value is -2.28. The van der Waals surface area contributed by atoms with Gasteiger partial charge < -0.3 is 5.73 Å². The predicted molar refractivity (Wildman–Crippen MR) is 80.5 cm³/mol. The van der Waals surface area contributed by atoms with Crippen molar-refractivity contribution in [3.8, 4) is 0 Å². The standard InChI is InChI=1S/C17H15N/c1-3-4-12-7-9-14-15(18)10-8-13-6-5-11(2)16(12)17(13)14/h3-10H,1,18H2,2H3/b12-4-. The highest BCUT2D eigenvalue weighted by molar-refractivity contribution is 6.15. The van der Waals surface area contributed by atoms with E-state index in [9.17, 15) is 0 Å². The van der Waals surface area contributed by atoms with Crippen LogP contribution in [0.15, 0.2) is 49.1 Å². The molecule has 0 fully saturated rings. The fraction of sp³-hybridized carbons (Fsp3) is 0.0588. The second-order valence-electron chi connectivity index (χ2n) is 4.62. The van der Waals surface area contributed by atoms with Crippen molar-refractivity contribution in [2.24, 2.45) is 0 Å². The van der Waals surface area contributed by atoms with Crippen molar-refractivity contribution in [2.75, 3.05) is 5.73 Å². The van der Waals surface area contributed by atoms with E-state index in [0.29, 0.717) is 0 Å². The summed E-state index contributed by atoms with van der Waals surface area (Å²) in [7, 11) is 0. The van der Waals surface area contributed by atoms with E-state index in [0.717, 1.165) is 11.1 Å². The van der Waals surface area contributed by atoms with E-state index in [2.05, 4.69) is 43.8 Å². The number of hydrogen-bond donors (Lipinski definition) is 1. The molecule has 0 aliphatic rings. The minimum Gasteiger partial charge on any atom is -0.398 e. The third-order valence-corrected chi connectivity index (χ3v) is 3.48. The van der Waals surface area contributed by atoms with Gasteiger partial charge in [-0.2, -0.15) is 0 Å². The number of nitrogen functional groups attached to an aromatic ring is 1. The van der Waals surface area contributed by atoms with Crippen LogP contribution in [0.1, 0.15) is 5.56 Å². The van der Waals surface area contributed by atoms with Gasteiger partial charge in [0.1, 0.15) is 0 Å². The van der Waals surface area contributed by atoms with Crippen LogP contribution in [0.5, 0.6) is 0 Å². The Morgan fingerprint density at radius 2 is 1.78 bits per heavy atom. The molecule has 2 N–H and O–H groups in total. The molecule has 0 saturated carbocycles. The van der Waals surface area contributed by atoms with E-state index in [4.69, 9.17) is 5.73 Å². The molecule has 0 saturated heterocycles. The van der Waals surface area contributed by atoms with Crippen LogP contribution in [0, 0.1) is 6.92 Å². The molecular formula is C17H15N. The van der Waals surface area contributed by atoms with E-state index in [-0.39, 0.29) is 0 Å². The lowest BCUT2D eigenvalue weighted by Crippen LogP contribution is -2.04. The maximum Gasteiger partial charge on any atom is 0.0394 e. The molecule has 0 radical (unpaired) electrons. The van der Waals surface area contributed by atoms with Crippen LogP contribution in [0.4, 0.5) is 5.69 Å². The Kier molecular flexibility index (Phi) is 2.34. The molecule has 1 nitrogen and oxygen atoms in total. The molecule has 0 aliphatic carbocycles. The maximum absolute atomic E-state index is 6.08. The van der Waals surface area contributed by atoms with Crippen molar-refractivity contribution < 1.29 is 0 Å². The van der Waals surface area contributed by atoms with Gasteiger partial charge in [-0.3, -0.25) is 0 Å². The molecule has 0 aliphatic heterocycles. The van der Waals surface area contributed by atoms with Gasteiger partial charge in [-0.15, -0.1) is 0 Å². The third kappa shape index (κ3) is 1.41. The van der Waals surface area contributed by atoms with Crippen LogP contribution in [-0.2, 0) is 0 Å². The van der Waals surface area contributed by atoms with Crippen molar-refractivity contribution >= 4 is 33.3 Å². The summed E-state index contributed by atoms with van der Waals surface area (Å²) in [6.45, 7) is 5.92. The van der Waals surface area contributed by atoms with Crippen molar-refractivity contribution in [2.45, 2.75) is 6.92 Å². The Labute approximate surface area is 106 Å². The highest BCUT2D eigenvalue weighted by Crippen LogP contribution is 2.30. The van der Waals surface area contributed by atoms with Gasteiger partial charge in [0.05, 0.1) is 0 Å². The number of hydrogen-bond acceptors (Lipinski definition) is 1. The van der Waals surface area contributed by atoms with Crippen LogP contribution in [-0.4, -0.2) is 0 Å². The molecule has 3 aromatic carbocycles. The highest BCUT2D eigenvalue weighted by Gasteiger charge is 2.07. The summed E-state index contributed by atoms with van der Waals surface area (Å²) in [6, 6.07) is 12.6. The first kappa shape index (κ1) is 10.8. The first-order valence-corrected chi connectivity index (χ1v) is 6.05. The second-order valence-corrected chi connectivity index (χ2v) is 4.62. The molecule has 3 aromatic rings. The molecule has 0 atom stereocenters. The molecule has 3 rings (SSSR count). The minimum absolute atomic E-state index is 0.836. The first-order chi connectivity index (χ1) is 8.72. The number of rotatable bonds is 1. The first-order valence-electron chi connectivity index (χ1n) is 6.05. The SMILES string of the molecule is C=C/C=c1/ccc2c(N)ccc3ccc(C)c1c32. The third-order valence-electron chi connectivity index (χ3n) is 3.48. The average molecular weight is 233 g/mol. The largest absolute Gasteiger partial charge is 0.398 e. The molecule has 0 amide bonds. The van der Waals surface area contributed by atoms with E-state index >= 15 is 0 Å². The van der Waals surface area contributed by atoms with Crippen LogP contribution >= 0.6 is 0 Å². The lowest BCUT2D eigenvalue weighted by Gasteiger charge is -2.10. The average Bonchev–Trinajstić information content (AvgIpc) is 2.37.